The van der Waals surface area contributed by atoms with E-state index in [1.165, 1.54) is 12.1 Å². The normalized spacial score (nSPS) is 11.6. The number of benzene rings is 2. The molecule has 2 rings (SSSR count). The monoisotopic (exact) mass is 238 g/mol. The number of nitrogens with two attached hydrogens (primary N) is 1. The molecule has 84 valence electrons. The summed E-state index contributed by atoms with van der Waals surface area (Å²) >= 11 is 0. The Kier molecular flexibility index (Phi) is 2.55. The summed E-state index contributed by atoms with van der Waals surface area (Å²) in [5, 5.41) is 1.47. The Balaban J connectivity index is 2.74. The van der Waals surface area contributed by atoms with E-state index in [0.29, 0.717) is 11.1 Å². The number of fused-ring (bicyclic) bond motifs is 1. The number of anilines is 1. The van der Waals surface area contributed by atoms with Gasteiger partial charge in [-0.1, -0.05) is 18.2 Å². The van der Waals surface area contributed by atoms with Crippen LogP contribution in [0, 0.1) is 0 Å². The van der Waals surface area contributed by atoms with Gasteiger partial charge in [0.2, 0.25) is 0 Å². The molecule has 0 bridgehead atoms. The summed E-state index contributed by atoms with van der Waals surface area (Å²) < 4.78 is 30.8. The highest BCUT2D eigenvalue weighted by Gasteiger charge is 2.10. The van der Waals surface area contributed by atoms with Crippen molar-refractivity contribution in [1.29, 1.82) is 0 Å². The summed E-state index contributed by atoms with van der Waals surface area (Å²) in [5.41, 5.74) is 3.21. The highest BCUT2D eigenvalue weighted by Crippen LogP contribution is 2.25. The molecule has 0 aliphatic heterocycles. The molecule has 0 atom stereocenters. The topological polar surface area (TPSA) is 92.4 Å². The van der Waals surface area contributed by atoms with Crippen molar-refractivity contribution in [2.75, 3.05) is 5.43 Å². The Labute approximate surface area is 92.6 Å². The summed E-state index contributed by atoms with van der Waals surface area (Å²) in [4.78, 5) is -0.130. The number of hydrogen-bond donors (Lipinski definition) is 3. The highest BCUT2D eigenvalue weighted by atomic mass is 32.2. The van der Waals surface area contributed by atoms with Crippen LogP contribution in [-0.4, -0.2) is 13.0 Å². The van der Waals surface area contributed by atoms with Crippen LogP contribution < -0.4 is 11.3 Å². The Morgan fingerprint density at radius 2 is 1.94 bits per heavy atom. The minimum Gasteiger partial charge on any atom is -0.324 e. The van der Waals surface area contributed by atoms with Gasteiger partial charge in [-0.25, -0.2) is 0 Å². The summed E-state index contributed by atoms with van der Waals surface area (Å²) in [5.74, 6) is 5.32. The lowest BCUT2D eigenvalue weighted by atomic mass is 10.1. The van der Waals surface area contributed by atoms with E-state index in [0.717, 1.165) is 5.39 Å². The standard InChI is InChI=1S/C10H10N2O3S/c11-12-10-3-1-2-7-6-8(16(13,14)15)4-5-9(7)10/h1-6,12H,11H2,(H,13,14,15). The fourth-order valence-corrected chi connectivity index (χ4v) is 2.06. The Morgan fingerprint density at radius 3 is 2.56 bits per heavy atom. The van der Waals surface area contributed by atoms with Gasteiger partial charge in [-0.3, -0.25) is 10.4 Å². The van der Waals surface area contributed by atoms with Crippen LogP contribution in [0.1, 0.15) is 0 Å². The minimum absolute atomic E-state index is 0.130. The molecule has 0 aliphatic carbocycles. The van der Waals surface area contributed by atoms with Crippen molar-refractivity contribution < 1.29 is 13.0 Å². The zero-order valence-electron chi connectivity index (χ0n) is 8.21. The molecule has 5 nitrogen and oxygen atoms in total. The Hall–Kier alpha value is -1.63. The predicted molar refractivity (Wildman–Crippen MR) is 61.6 cm³/mol. The van der Waals surface area contributed by atoms with Crippen LogP contribution in [0.4, 0.5) is 5.69 Å². The molecule has 0 aliphatic rings. The number of rotatable bonds is 2. The number of hydrogen-bond acceptors (Lipinski definition) is 4. The van der Waals surface area contributed by atoms with E-state index in [1.54, 1.807) is 24.3 Å². The van der Waals surface area contributed by atoms with E-state index >= 15 is 0 Å². The quantitative estimate of drug-likeness (QED) is 0.417. The molecule has 0 aromatic heterocycles. The Bertz CT molecular complexity index is 638. The third-order valence-corrected chi connectivity index (χ3v) is 3.15. The molecular weight excluding hydrogens is 228 g/mol. The van der Waals surface area contributed by atoms with Gasteiger partial charge in [0.15, 0.2) is 0 Å². The van der Waals surface area contributed by atoms with Crippen molar-refractivity contribution in [3.63, 3.8) is 0 Å². The second-order valence-corrected chi connectivity index (χ2v) is 4.73. The third kappa shape index (κ3) is 1.85. The number of hydrazine groups is 1. The number of nitrogen functional groups attached to an aromatic ring is 1. The molecule has 0 saturated carbocycles. The minimum atomic E-state index is -4.17. The van der Waals surface area contributed by atoms with Gasteiger partial charge >= 0.3 is 0 Å². The zero-order valence-corrected chi connectivity index (χ0v) is 9.03. The summed E-state index contributed by atoms with van der Waals surface area (Å²) in [6.45, 7) is 0. The van der Waals surface area contributed by atoms with E-state index in [2.05, 4.69) is 5.43 Å². The lowest BCUT2D eigenvalue weighted by Crippen LogP contribution is -2.07. The lowest BCUT2D eigenvalue weighted by molar-refractivity contribution is 0.483. The van der Waals surface area contributed by atoms with Crippen LogP contribution in [0.5, 0.6) is 0 Å². The van der Waals surface area contributed by atoms with E-state index in [1.807, 2.05) is 0 Å². The van der Waals surface area contributed by atoms with Crippen molar-refractivity contribution in [3.8, 4) is 0 Å². The molecule has 0 radical (unpaired) electrons. The molecule has 0 heterocycles. The molecule has 2 aromatic carbocycles. The summed E-state index contributed by atoms with van der Waals surface area (Å²) in [7, 11) is -4.17. The maximum atomic E-state index is 10.9. The van der Waals surface area contributed by atoms with Crippen LogP contribution >= 0.6 is 0 Å². The molecule has 0 amide bonds. The first-order valence-corrected chi connectivity index (χ1v) is 5.93. The highest BCUT2D eigenvalue weighted by molar-refractivity contribution is 7.85. The fourth-order valence-electron chi connectivity index (χ4n) is 1.55. The van der Waals surface area contributed by atoms with Gasteiger partial charge in [0.05, 0.1) is 10.6 Å². The summed E-state index contributed by atoms with van der Waals surface area (Å²) in [6, 6.07) is 9.57. The largest absolute Gasteiger partial charge is 0.324 e. The first-order valence-electron chi connectivity index (χ1n) is 4.49. The van der Waals surface area contributed by atoms with Crippen molar-refractivity contribution in [2.45, 2.75) is 4.90 Å². The average Bonchev–Trinajstić information content (AvgIpc) is 2.26. The first-order chi connectivity index (χ1) is 7.52. The second kappa shape index (κ2) is 3.75. The Morgan fingerprint density at radius 1 is 1.19 bits per heavy atom. The summed E-state index contributed by atoms with van der Waals surface area (Å²) in [6.07, 6.45) is 0. The van der Waals surface area contributed by atoms with Gasteiger partial charge in [-0.15, -0.1) is 0 Å². The fraction of sp³-hybridized carbons (Fsp3) is 0. The van der Waals surface area contributed by atoms with Crippen molar-refractivity contribution in [2.24, 2.45) is 5.84 Å². The molecule has 0 spiro atoms. The molecule has 6 heteroatoms. The van der Waals surface area contributed by atoms with Gasteiger partial charge in [0, 0.05) is 5.39 Å². The smallest absolute Gasteiger partial charge is 0.294 e. The van der Waals surface area contributed by atoms with Crippen LogP contribution in [-0.2, 0) is 10.1 Å². The first kappa shape index (κ1) is 10.9. The third-order valence-electron chi connectivity index (χ3n) is 2.31. The second-order valence-electron chi connectivity index (χ2n) is 3.31. The van der Waals surface area contributed by atoms with Crippen LogP contribution in [0.25, 0.3) is 10.8 Å². The molecule has 0 saturated heterocycles. The van der Waals surface area contributed by atoms with Gasteiger partial charge in [-0.05, 0) is 23.6 Å². The SMILES string of the molecule is NNc1cccc2cc(S(=O)(=O)O)ccc12. The maximum Gasteiger partial charge on any atom is 0.294 e. The zero-order chi connectivity index (χ0) is 11.8. The lowest BCUT2D eigenvalue weighted by Gasteiger charge is -2.06. The van der Waals surface area contributed by atoms with E-state index in [9.17, 15) is 8.42 Å². The van der Waals surface area contributed by atoms with E-state index < -0.39 is 10.1 Å². The van der Waals surface area contributed by atoms with Gasteiger partial charge in [-0.2, -0.15) is 8.42 Å². The average molecular weight is 238 g/mol. The molecule has 4 N–H and O–H groups in total. The van der Waals surface area contributed by atoms with Crippen LogP contribution in [0.15, 0.2) is 41.3 Å². The molecule has 16 heavy (non-hydrogen) atoms. The molecular formula is C10H10N2O3S. The van der Waals surface area contributed by atoms with Gasteiger partial charge in [0.1, 0.15) is 0 Å². The van der Waals surface area contributed by atoms with Crippen LogP contribution in [0.2, 0.25) is 0 Å². The molecule has 0 unspecified atom stereocenters. The van der Waals surface area contributed by atoms with E-state index in [4.69, 9.17) is 10.4 Å². The van der Waals surface area contributed by atoms with Crippen molar-refractivity contribution in [1.82, 2.24) is 0 Å². The molecule has 2 aromatic rings. The van der Waals surface area contributed by atoms with Crippen molar-refractivity contribution >= 4 is 26.6 Å². The van der Waals surface area contributed by atoms with Crippen LogP contribution in [0.3, 0.4) is 0 Å². The number of nitrogens with one attached hydrogen (secondary N) is 1. The predicted octanol–water partition coefficient (Wildman–Crippen LogP) is 1.37. The van der Waals surface area contributed by atoms with Crippen molar-refractivity contribution in [3.05, 3.63) is 36.4 Å². The molecule has 0 fully saturated rings. The van der Waals surface area contributed by atoms with Gasteiger partial charge < -0.3 is 5.43 Å². The maximum absolute atomic E-state index is 10.9. The van der Waals surface area contributed by atoms with Gasteiger partial charge in [0.25, 0.3) is 10.1 Å². The van der Waals surface area contributed by atoms with E-state index in [-0.39, 0.29) is 4.90 Å².